The Balaban J connectivity index is 1.35. The van der Waals surface area contributed by atoms with Crippen LogP contribution in [0.25, 0.3) is 11.0 Å². The Labute approximate surface area is 174 Å². The molecule has 5 nitrogen and oxygen atoms in total. The molecule has 0 aliphatic carbocycles. The van der Waals surface area contributed by atoms with Crippen LogP contribution < -0.4 is 0 Å². The van der Waals surface area contributed by atoms with Gasteiger partial charge in [-0.2, -0.15) is 0 Å². The lowest BCUT2D eigenvalue weighted by atomic mass is 10.1. The third kappa shape index (κ3) is 3.98. The number of benzene rings is 1. The molecule has 0 unspecified atom stereocenters. The minimum atomic E-state index is 0.123. The van der Waals surface area contributed by atoms with Crippen molar-refractivity contribution in [2.75, 3.05) is 32.7 Å². The maximum Gasteiger partial charge on any atom is 0.253 e. The summed E-state index contributed by atoms with van der Waals surface area (Å²) in [7, 11) is 0. The molecule has 146 valence electrons. The van der Waals surface area contributed by atoms with E-state index in [1.165, 1.54) is 10.9 Å². The van der Waals surface area contributed by atoms with Crippen molar-refractivity contribution in [3.05, 3.63) is 64.4 Å². The molecular weight excluding hydrogens is 416 g/mol. The molecule has 1 aromatic carbocycles. The predicted molar refractivity (Wildman–Crippen MR) is 116 cm³/mol. The molecule has 0 radical (unpaired) electrons. The number of aryl methyl sites for hydroxylation is 1. The minimum Gasteiger partial charge on any atom is -0.336 e. The normalized spacial score (nSPS) is 15.3. The summed E-state index contributed by atoms with van der Waals surface area (Å²) in [4.78, 5) is 21.6. The van der Waals surface area contributed by atoms with E-state index in [1.807, 2.05) is 41.4 Å². The lowest BCUT2D eigenvalue weighted by molar-refractivity contribution is 0.0638. The van der Waals surface area contributed by atoms with E-state index in [1.54, 1.807) is 0 Å². The lowest BCUT2D eigenvalue weighted by Crippen LogP contribution is -2.49. The first kappa shape index (κ1) is 19.2. The zero-order valence-electron chi connectivity index (χ0n) is 16.1. The van der Waals surface area contributed by atoms with Crippen LogP contribution in [0.15, 0.2) is 53.3 Å². The number of nitrogens with zero attached hydrogens (tertiary/aromatic N) is 4. The summed E-state index contributed by atoms with van der Waals surface area (Å²) in [6.07, 6.45) is 5.11. The van der Waals surface area contributed by atoms with Crippen LogP contribution >= 0.6 is 15.9 Å². The second-order valence-corrected chi connectivity index (χ2v) is 8.12. The van der Waals surface area contributed by atoms with E-state index in [2.05, 4.69) is 49.6 Å². The Morgan fingerprint density at radius 1 is 1.14 bits per heavy atom. The highest BCUT2D eigenvalue weighted by molar-refractivity contribution is 9.10. The highest BCUT2D eigenvalue weighted by atomic mass is 79.9. The zero-order chi connectivity index (χ0) is 19.5. The predicted octanol–water partition coefficient (Wildman–Crippen LogP) is 3.82. The molecule has 1 saturated heterocycles. The van der Waals surface area contributed by atoms with Crippen LogP contribution in [-0.4, -0.2) is 58.0 Å². The van der Waals surface area contributed by atoms with Gasteiger partial charge >= 0.3 is 0 Å². The molecule has 6 heteroatoms. The number of carbonyl (C=O) groups is 1. The van der Waals surface area contributed by atoms with E-state index in [0.717, 1.165) is 61.4 Å². The van der Waals surface area contributed by atoms with E-state index >= 15 is 0 Å². The maximum atomic E-state index is 12.7. The Morgan fingerprint density at radius 3 is 2.71 bits per heavy atom. The van der Waals surface area contributed by atoms with Crippen LogP contribution in [-0.2, 0) is 13.0 Å². The van der Waals surface area contributed by atoms with Gasteiger partial charge in [0.1, 0.15) is 5.65 Å². The molecule has 28 heavy (non-hydrogen) atoms. The van der Waals surface area contributed by atoms with Crippen molar-refractivity contribution in [1.82, 2.24) is 19.4 Å². The van der Waals surface area contributed by atoms with Gasteiger partial charge < -0.3 is 9.47 Å². The summed E-state index contributed by atoms with van der Waals surface area (Å²) in [6.45, 7) is 7.50. The molecule has 0 N–H and O–H groups in total. The highest BCUT2D eigenvalue weighted by Crippen LogP contribution is 2.20. The first-order valence-electron chi connectivity index (χ1n) is 9.85. The van der Waals surface area contributed by atoms with Crippen molar-refractivity contribution in [2.24, 2.45) is 0 Å². The largest absolute Gasteiger partial charge is 0.336 e. The number of amides is 1. The molecule has 3 aromatic rings. The Kier molecular flexibility index (Phi) is 5.78. The average molecular weight is 441 g/mol. The van der Waals surface area contributed by atoms with Crippen molar-refractivity contribution >= 4 is 32.9 Å². The first-order valence-corrected chi connectivity index (χ1v) is 10.6. The van der Waals surface area contributed by atoms with E-state index in [4.69, 9.17) is 0 Å². The summed E-state index contributed by atoms with van der Waals surface area (Å²) in [5.41, 5.74) is 3.18. The number of hydrogen-bond acceptors (Lipinski definition) is 3. The second kappa shape index (κ2) is 8.45. The van der Waals surface area contributed by atoms with Crippen molar-refractivity contribution in [2.45, 2.75) is 19.9 Å². The Morgan fingerprint density at radius 2 is 1.96 bits per heavy atom. The number of hydrogen-bond donors (Lipinski definition) is 0. The van der Waals surface area contributed by atoms with Gasteiger partial charge in [-0.3, -0.25) is 9.69 Å². The molecule has 0 atom stereocenters. The standard InChI is InChI=1S/C22H25BrN4O/c1-2-26-16-18(20-7-4-9-24-21(20)26)8-10-25-11-13-27(14-12-25)22(28)17-5-3-6-19(23)15-17/h3-7,9,15-16H,2,8,10-14H2,1H3. The fraction of sp³-hybridized carbons (Fsp3) is 0.364. The number of fused-ring (bicyclic) bond motifs is 1. The SMILES string of the molecule is CCn1cc(CCN2CCN(C(=O)c3cccc(Br)c3)CC2)c2cccnc21. The molecule has 2 aromatic heterocycles. The van der Waals surface area contributed by atoms with Crippen molar-refractivity contribution in [1.29, 1.82) is 0 Å². The van der Waals surface area contributed by atoms with Gasteiger partial charge in [0.15, 0.2) is 0 Å². The molecule has 0 bridgehead atoms. The Bertz CT molecular complexity index is 976. The smallest absolute Gasteiger partial charge is 0.253 e. The molecular formula is C22H25BrN4O. The fourth-order valence-corrected chi connectivity index (χ4v) is 4.29. The minimum absolute atomic E-state index is 0.123. The van der Waals surface area contributed by atoms with E-state index in [-0.39, 0.29) is 5.91 Å². The fourth-order valence-electron chi connectivity index (χ4n) is 3.89. The quantitative estimate of drug-likeness (QED) is 0.605. The first-order chi connectivity index (χ1) is 13.7. The third-order valence-corrected chi connectivity index (χ3v) is 5.98. The van der Waals surface area contributed by atoms with Gasteiger partial charge in [-0.25, -0.2) is 4.98 Å². The zero-order valence-corrected chi connectivity index (χ0v) is 17.7. The van der Waals surface area contributed by atoms with Gasteiger partial charge in [0, 0.05) is 67.1 Å². The van der Waals surface area contributed by atoms with Gasteiger partial charge in [0.25, 0.3) is 5.91 Å². The Hall–Kier alpha value is -2.18. The molecule has 0 saturated carbocycles. The maximum absolute atomic E-state index is 12.7. The van der Waals surface area contributed by atoms with Gasteiger partial charge in [0.05, 0.1) is 0 Å². The van der Waals surface area contributed by atoms with Gasteiger partial charge in [-0.05, 0) is 49.2 Å². The molecule has 1 aliphatic rings. The summed E-state index contributed by atoms with van der Waals surface area (Å²) < 4.78 is 3.16. The summed E-state index contributed by atoms with van der Waals surface area (Å²) in [5, 5.41) is 1.26. The van der Waals surface area contributed by atoms with Crippen LogP contribution in [0.2, 0.25) is 0 Å². The van der Waals surface area contributed by atoms with Crippen molar-refractivity contribution in [3.8, 4) is 0 Å². The monoisotopic (exact) mass is 440 g/mol. The van der Waals surface area contributed by atoms with E-state index in [0.29, 0.717) is 0 Å². The van der Waals surface area contributed by atoms with Crippen LogP contribution in [0, 0.1) is 0 Å². The van der Waals surface area contributed by atoms with Gasteiger partial charge in [-0.15, -0.1) is 0 Å². The number of piperazine rings is 1. The van der Waals surface area contributed by atoms with Crippen molar-refractivity contribution < 1.29 is 4.79 Å². The third-order valence-electron chi connectivity index (χ3n) is 5.49. The van der Waals surface area contributed by atoms with Crippen molar-refractivity contribution in [3.63, 3.8) is 0 Å². The topological polar surface area (TPSA) is 41.4 Å². The average Bonchev–Trinajstić information content (AvgIpc) is 3.10. The van der Waals surface area contributed by atoms with Crippen LogP contribution in [0.4, 0.5) is 0 Å². The van der Waals surface area contributed by atoms with Gasteiger partial charge in [0.2, 0.25) is 0 Å². The molecule has 1 amide bonds. The highest BCUT2D eigenvalue weighted by Gasteiger charge is 2.22. The van der Waals surface area contributed by atoms with E-state index < -0.39 is 0 Å². The lowest BCUT2D eigenvalue weighted by Gasteiger charge is -2.34. The number of aromatic nitrogens is 2. The summed E-state index contributed by atoms with van der Waals surface area (Å²) >= 11 is 3.45. The number of pyridine rings is 1. The van der Waals surface area contributed by atoms with Crippen LogP contribution in [0.5, 0.6) is 0 Å². The van der Waals surface area contributed by atoms with Crippen LogP contribution in [0.1, 0.15) is 22.8 Å². The molecule has 0 spiro atoms. The molecule has 3 heterocycles. The molecule has 4 rings (SSSR count). The number of carbonyl (C=O) groups excluding carboxylic acids is 1. The summed E-state index contributed by atoms with van der Waals surface area (Å²) in [5.74, 6) is 0.123. The molecule has 1 fully saturated rings. The van der Waals surface area contributed by atoms with Gasteiger partial charge in [-0.1, -0.05) is 22.0 Å². The van der Waals surface area contributed by atoms with E-state index in [9.17, 15) is 4.79 Å². The molecule has 1 aliphatic heterocycles. The van der Waals surface area contributed by atoms with Crippen LogP contribution in [0.3, 0.4) is 0 Å². The number of rotatable bonds is 5. The summed E-state index contributed by atoms with van der Waals surface area (Å²) in [6, 6.07) is 11.8. The second-order valence-electron chi connectivity index (χ2n) is 7.21. The number of halogens is 1.